The van der Waals surface area contributed by atoms with Crippen molar-refractivity contribution in [1.82, 2.24) is 4.98 Å². The fourth-order valence-electron chi connectivity index (χ4n) is 1.64. The van der Waals surface area contributed by atoms with E-state index in [0.717, 1.165) is 0 Å². The lowest BCUT2D eigenvalue weighted by Gasteiger charge is -2.08. The summed E-state index contributed by atoms with van der Waals surface area (Å²) >= 11 is 0. The second-order valence-electron chi connectivity index (χ2n) is 4.23. The Labute approximate surface area is 122 Å². The maximum Gasteiger partial charge on any atom is 0.262 e. The first kappa shape index (κ1) is 14.6. The van der Waals surface area contributed by atoms with Crippen LogP contribution in [0.5, 0.6) is 11.6 Å². The molecule has 0 bridgehead atoms. The molecule has 0 aliphatic rings. The highest BCUT2D eigenvalue weighted by atomic mass is 16.5. The fraction of sp³-hybridized carbons (Fsp3) is 0.200. The molecule has 1 aromatic heterocycles. The molecular formula is C15H17N3O3. The van der Waals surface area contributed by atoms with Gasteiger partial charge < -0.3 is 20.5 Å². The van der Waals surface area contributed by atoms with Crippen molar-refractivity contribution in [3.05, 3.63) is 42.6 Å². The number of aromatic nitrogens is 1. The Hall–Kier alpha value is -2.76. The van der Waals surface area contributed by atoms with Gasteiger partial charge in [0.15, 0.2) is 6.61 Å². The summed E-state index contributed by atoms with van der Waals surface area (Å²) < 4.78 is 10.6. The first-order valence-corrected chi connectivity index (χ1v) is 6.54. The Morgan fingerprint density at radius 2 is 2.14 bits per heavy atom. The van der Waals surface area contributed by atoms with Gasteiger partial charge in [-0.2, -0.15) is 0 Å². The van der Waals surface area contributed by atoms with Crippen LogP contribution in [0.25, 0.3) is 0 Å². The predicted molar refractivity (Wildman–Crippen MR) is 80.4 cm³/mol. The number of anilines is 2. The topological polar surface area (TPSA) is 86.5 Å². The molecule has 0 atom stereocenters. The van der Waals surface area contributed by atoms with E-state index in [4.69, 9.17) is 15.2 Å². The van der Waals surface area contributed by atoms with Crippen LogP contribution in [-0.4, -0.2) is 24.1 Å². The van der Waals surface area contributed by atoms with E-state index in [1.54, 1.807) is 36.4 Å². The summed E-state index contributed by atoms with van der Waals surface area (Å²) in [7, 11) is 0. The number of pyridine rings is 1. The largest absolute Gasteiger partial charge is 0.484 e. The van der Waals surface area contributed by atoms with Crippen molar-refractivity contribution in [3.63, 3.8) is 0 Å². The Morgan fingerprint density at radius 1 is 1.29 bits per heavy atom. The van der Waals surface area contributed by atoms with Gasteiger partial charge in [0.2, 0.25) is 5.88 Å². The number of ether oxygens (including phenoxy) is 2. The first-order valence-electron chi connectivity index (χ1n) is 6.54. The van der Waals surface area contributed by atoms with E-state index in [-0.39, 0.29) is 12.5 Å². The summed E-state index contributed by atoms with van der Waals surface area (Å²) in [5.41, 5.74) is 6.80. The number of rotatable bonds is 6. The molecule has 1 heterocycles. The number of hydrogen-bond donors (Lipinski definition) is 2. The average molecular weight is 287 g/mol. The van der Waals surface area contributed by atoms with Gasteiger partial charge in [0.1, 0.15) is 5.75 Å². The summed E-state index contributed by atoms with van der Waals surface area (Å²) in [5.74, 6) is 0.796. The third-order valence-corrected chi connectivity index (χ3v) is 2.54. The van der Waals surface area contributed by atoms with Gasteiger partial charge in [-0.05, 0) is 25.1 Å². The van der Waals surface area contributed by atoms with Crippen molar-refractivity contribution in [1.29, 1.82) is 0 Å². The molecule has 0 saturated heterocycles. The summed E-state index contributed by atoms with van der Waals surface area (Å²) in [6.07, 6.45) is 1.53. The lowest BCUT2D eigenvalue weighted by atomic mass is 10.3. The van der Waals surface area contributed by atoms with E-state index in [9.17, 15) is 4.79 Å². The Bertz CT molecular complexity index is 599. The van der Waals surface area contributed by atoms with Gasteiger partial charge >= 0.3 is 0 Å². The number of hydrogen-bond acceptors (Lipinski definition) is 5. The third-order valence-electron chi connectivity index (χ3n) is 2.54. The summed E-state index contributed by atoms with van der Waals surface area (Å²) in [5, 5.41) is 2.68. The molecule has 0 fully saturated rings. The maximum atomic E-state index is 11.8. The standard InChI is InChI=1S/C15H17N3O3/c1-2-20-15-7-6-12(9-17-15)18-14(19)10-21-13-5-3-4-11(16)8-13/h3-9H,2,10,16H2,1H3,(H,18,19). The first-order chi connectivity index (χ1) is 10.2. The molecule has 6 nitrogen and oxygen atoms in total. The van der Waals surface area contributed by atoms with Crippen molar-refractivity contribution in [2.75, 3.05) is 24.3 Å². The van der Waals surface area contributed by atoms with Crippen LogP contribution in [0.1, 0.15) is 6.92 Å². The Balaban J connectivity index is 1.84. The molecule has 0 saturated carbocycles. The number of carbonyl (C=O) groups excluding carboxylic acids is 1. The Kier molecular flexibility index (Phi) is 4.98. The molecule has 0 unspecified atom stereocenters. The quantitative estimate of drug-likeness (QED) is 0.794. The van der Waals surface area contributed by atoms with Crippen molar-refractivity contribution < 1.29 is 14.3 Å². The van der Waals surface area contributed by atoms with Crippen LogP contribution in [0, 0.1) is 0 Å². The number of amides is 1. The molecule has 110 valence electrons. The van der Waals surface area contributed by atoms with E-state index in [0.29, 0.717) is 29.6 Å². The zero-order valence-electron chi connectivity index (χ0n) is 11.7. The van der Waals surface area contributed by atoms with Crippen LogP contribution in [0.15, 0.2) is 42.6 Å². The van der Waals surface area contributed by atoms with Crippen LogP contribution >= 0.6 is 0 Å². The molecule has 0 spiro atoms. The van der Waals surface area contributed by atoms with Gasteiger partial charge in [-0.3, -0.25) is 4.79 Å². The number of nitrogens with two attached hydrogens (primary N) is 1. The highest BCUT2D eigenvalue weighted by Crippen LogP contribution is 2.15. The van der Waals surface area contributed by atoms with E-state index in [1.165, 1.54) is 6.20 Å². The van der Waals surface area contributed by atoms with Gasteiger partial charge in [0.05, 0.1) is 18.5 Å². The summed E-state index contributed by atoms with van der Waals surface area (Å²) in [6, 6.07) is 10.3. The summed E-state index contributed by atoms with van der Waals surface area (Å²) in [6.45, 7) is 2.33. The lowest BCUT2D eigenvalue weighted by Crippen LogP contribution is -2.20. The molecule has 2 rings (SSSR count). The SMILES string of the molecule is CCOc1ccc(NC(=O)COc2cccc(N)c2)cn1. The summed E-state index contributed by atoms with van der Waals surface area (Å²) in [4.78, 5) is 15.8. The minimum absolute atomic E-state index is 0.101. The highest BCUT2D eigenvalue weighted by molar-refractivity contribution is 5.91. The molecule has 1 amide bonds. The molecule has 6 heteroatoms. The van der Waals surface area contributed by atoms with Crippen LogP contribution in [-0.2, 0) is 4.79 Å². The molecular weight excluding hydrogens is 270 g/mol. The van der Waals surface area contributed by atoms with Crippen LogP contribution in [0.3, 0.4) is 0 Å². The minimum atomic E-state index is -0.275. The molecule has 2 aromatic rings. The van der Waals surface area contributed by atoms with Gasteiger partial charge in [-0.25, -0.2) is 4.98 Å². The average Bonchev–Trinajstić information content (AvgIpc) is 2.48. The van der Waals surface area contributed by atoms with Crippen molar-refractivity contribution in [2.45, 2.75) is 6.92 Å². The molecule has 0 radical (unpaired) electrons. The number of nitrogen functional groups attached to an aromatic ring is 1. The van der Waals surface area contributed by atoms with E-state index in [2.05, 4.69) is 10.3 Å². The van der Waals surface area contributed by atoms with E-state index < -0.39 is 0 Å². The van der Waals surface area contributed by atoms with Crippen molar-refractivity contribution in [2.24, 2.45) is 0 Å². The second-order valence-corrected chi connectivity index (χ2v) is 4.23. The highest BCUT2D eigenvalue weighted by Gasteiger charge is 2.04. The predicted octanol–water partition coefficient (Wildman–Crippen LogP) is 2.08. The number of nitrogens with zero attached hydrogens (tertiary/aromatic N) is 1. The monoisotopic (exact) mass is 287 g/mol. The third kappa shape index (κ3) is 4.68. The van der Waals surface area contributed by atoms with Gasteiger partial charge in [0, 0.05) is 17.8 Å². The fourth-order valence-corrected chi connectivity index (χ4v) is 1.64. The Morgan fingerprint density at radius 3 is 2.81 bits per heavy atom. The van der Waals surface area contributed by atoms with E-state index >= 15 is 0 Å². The maximum absolute atomic E-state index is 11.8. The zero-order valence-corrected chi connectivity index (χ0v) is 11.7. The molecule has 3 N–H and O–H groups in total. The number of carbonyl (C=O) groups is 1. The normalized spacial score (nSPS) is 9.95. The second kappa shape index (κ2) is 7.14. The smallest absolute Gasteiger partial charge is 0.262 e. The van der Waals surface area contributed by atoms with Crippen molar-refractivity contribution >= 4 is 17.3 Å². The van der Waals surface area contributed by atoms with Crippen LogP contribution < -0.4 is 20.5 Å². The van der Waals surface area contributed by atoms with Crippen LogP contribution in [0.2, 0.25) is 0 Å². The lowest BCUT2D eigenvalue weighted by molar-refractivity contribution is -0.118. The number of nitrogens with one attached hydrogen (secondary N) is 1. The van der Waals surface area contributed by atoms with Gasteiger partial charge in [-0.15, -0.1) is 0 Å². The van der Waals surface area contributed by atoms with E-state index in [1.807, 2.05) is 6.92 Å². The minimum Gasteiger partial charge on any atom is -0.484 e. The van der Waals surface area contributed by atoms with Crippen molar-refractivity contribution in [3.8, 4) is 11.6 Å². The van der Waals surface area contributed by atoms with Crippen LogP contribution in [0.4, 0.5) is 11.4 Å². The number of benzene rings is 1. The zero-order chi connectivity index (χ0) is 15.1. The molecule has 21 heavy (non-hydrogen) atoms. The van der Waals surface area contributed by atoms with Gasteiger partial charge in [0.25, 0.3) is 5.91 Å². The molecule has 0 aliphatic carbocycles. The molecule has 0 aliphatic heterocycles. The molecule has 1 aromatic carbocycles. The van der Waals surface area contributed by atoms with Gasteiger partial charge in [-0.1, -0.05) is 6.07 Å².